The van der Waals surface area contributed by atoms with Crippen molar-refractivity contribution in [1.82, 2.24) is 10.2 Å². The number of hydrogen-bond donors (Lipinski definition) is 2. The van der Waals surface area contributed by atoms with Crippen molar-refractivity contribution < 1.29 is 9.31 Å². The van der Waals surface area contributed by atoms with E-state index in [9.17, 15) is 0 Å². The fraction of sp³-hybridized carbons (Fsp3) is 0.385. The number of nitrogens with zero attached hydrogens (tertiary/aromatic N) is 2. The number of anilines is 1. The van der Waals surface area contributed by atoms with Crippen LogP contribution >= 0.6 is 0 Å². The first kappa shape index (κ1) is 13.3. The number of rotatable bonds is 2. The monoisotopic (exact) mass is 272 g/mol. The second-order valence-corrected chi connectivity index (χ2v) is 5.51. The van der Waals surface area contributed by atoms with Crippen LogP contribution in [0.3, 0.4) is 0 Å². The van der Waals surface area contributed by atoms with E-state index >= 15 is 0 Å². The normalized spacial score (nSPS) is 21.4. The van der Waals surface area contributed by atoms with Gasteiger partial charge in [0.1, 0.15) is 0 Å². The number of nitrogen functional groups attached to an aromatic ring is 1. The van der Waals surface area contributed by atoms with Gasteiger partial charge in [0.05, 0.1) is 29.1 Å². The van der Waals surface area contributed by atoms with Crippen LogP contribution in [0.25, 0.3) is 10.9 Å². The largest absolute Gasteiger partial charge is 0.494 e. The predicted molar refractivity (Wildman–Crippen MR) is 78.4 cm³/mol. The molecule has 3 N–H and O–H groups in total. The summed E-state index contributed by atoms with van der Waals surface area (Å²) in [5.41, 5.74) is 4.77. The van der Waals surface area contributed by atoms with Gasteiger partial charge >= 0.3 is 7.12 Å². The van der Waals surface area contributed by atoms with Gasteiger partial charge in [-0.25, -0.2) is 0 Å². The Morgan fingerprint density at radius 2 is 2.20 bits per heavy atom. The summed E-state index contributed by atoms with van der Waals surface area (Å²) in [6.45, 7) is 6.06. The second kappa shape index (κ2) is 4.69. The van der Waals surface area contributed by atoms with Gasteiger partial charge in [0, 0.05) is 5.39 Å². The van der Waals surface area contributed by atoms with Crippen molar-refractivity contribution in [2.75, 3.05) is 5.43 Å². The molecule has 0 bridgehead atoms. The van der Waals surface area contributed by atoms with Crippen molar-refractivity contribution in [1.29, 1.82) is 0 Å². The van der Waals surface area contributed by atoms with Crippen LogP contribution in [0.15, 0.2) is 24.4 Å². The molecule has 1 aromatic carbocycles. The summed E-state index contributed by atoms with van der Waals surface area (Å²) in [7, 11) is -0.372. The van der Waals surface area contributed by atoms with Gasteiger partial charge in [0.15, 0.2) is 0 Å². The first-order chi connectivity index (χ1) is 9.51. The van der Waals surface area contributed by atoms with Crippen LogP contribution in [0.5, 0.6) is 0 Å². The molecule has 2 aromatic rings. The van der Waals surface area contributed by atoms with E-state index in [1.807, 2.05) is 39.0 Å². The molecule has 104 valence electrons. The molecule has 2 heterocycles. The highest BCUT2D eigenvalue weighted by molar-refractivity contribution is 6.62. The zero-order chi connectivity index (χ0) is 14.3. The summed E-state index contributed by atoms with van der Waals surface area (Å²) >= 11 is 0. The summed E-state index contributed by atoms with van der Waals surface area (Å²) in [5.74, 6) is 5.50. The third-order valence-electron chi connectivity index (χ3n) is 3.81. The minimum atomic E-state index is -0.372. The van der Waals surface area contributed by atoms with Gasteiger partial charge < -0.3 is 14.7 Å². The Hall–Kier alpha value is -1.70. The molecule has 0 amide bonds. The predicted octanol–water partition coefficient (Wildman–Crippen LogP) is 0.824. The fourth-order valence-electron chi connectivity index (χ4n) is 2.23. The fourth-order valence-corrected chi connectivity index (χ4v) is 2.23. The first-order valence-electron chi connectivity index (χ1n) is 6.56. The number of benzene rings is 1. The van der Waals surface area contributed by atoms with Crippen molar-refractivity contribution >= 4 is 29.2 Å². The Labute approximate surface area is 117 Å². The molecule has 0 radical (unpaired) electrons. The number of nitrogens with one attached hydrogen (secondary N) is 1. The van der Waals surface area contributed by atoms with E-state index in [1.165, 1.54) is 0 Å². The average Bonchev–Trinajstić information content (AvgIpc) is 2.71. The van der Waals surface area contributed by atoms with Crippen LogP contribution < -0.4 is 16.7 Å². The Balaban J connectivity index is 2.01. The van der Waals surface area contributed by atoms with Crippen molar-refractivity contribution in [3.63, 3.8) is 0 Å². The smallest absolute Gasteiger partial charge is 0.402 e. The molecule has 1 aliphatic rings. The molecule has 3 rings (SSSR count). The third-order valence-corrected chi connectivity index (χ3v) is 3.81. The van der Waals surface area contributed by atoms with Crippen molar-refractivity contribution in [2.24, 2.45) is 5.84 Å². The maximum Gasteiger partial charge on any atom is 0.494 e. The highest BCUT2D eigenvalue weighted by Gasteiger charge is 2.43. The molecule has 1 unspecified atom stereocenters. The molecule has 6 nitrogen and oxygen atoms in total. The topological polar surface area (TPSA) is 82.3 Å². The molecular weight excluding hydrogens is 255 g/mol. The Morgan fingerprint density at radius 3 is 2.85 bits per heavy atom. The zero-order valence-electron chi connectivity index (χ0n) is 11.8. The first-order valence-corrected chi connectivity index (χ1v) is 6.56. The number of hydrazine groups is 1. The van der Waals surface area contributed by atoms with Crippen molar-refractivity contribution in [2.45, 2.75) is 32.5 Å². The Morgan fingerprint density at radius 1 is 1.40 bits per heavy atom. The molecule has 0 aliphatic carbocycles. The molecule has 20 heavy (non-hydrogen) atoms. The van der Waals surface area contributed by atoms with Crippen molar-refractivity contribution in [3.8, 4) is 0 Å². The van der Waals surface area contributed by atoms with Crippen LogP contribution in [-0.2, 0) is 9.31 Å². The van der Waals surface area contributed by atoms with E-state index in [0.29, 0.717) is 0 Å². The maximum atomic E-state index is 5.96. The van der Waals surface area contributed by atoms with Gasteiger partial charge in [-0.3, -0.25) is 5.84 Å². The van der Waals surface area contributed by atoms with Crippen LogP contribution in [-0.4, -0.2) is 29.0 Å². The van der Waals surface area contributed by atoms with E-state index in [4.69, 9.17) is 15.2 Å². The van der Waals surface area contributed by atoms with Gasteiger partial charge in [-0.2, -0.15) is 10.2 Å². The molecule has 1 atom stereocenters. The van der Waals surface area contributed by atoms with Gasteiger partial charge in [0.25, 0.3) is 0 Å². The van der Waals surface area contributed by atoms with Crippen molar-refractivity contribution in [3.05, 3.63) is 24.4 Å². The minimum absolute atomic E-state index is 0.0332. The lowest BCUT2D eigenvalue weighted by atomic mass is 9.78. The summed E-state index contributed by atoms with van der Waals surface area (Å²) in [4.78, 5) is 0. The maximum absolute atomic E-state index is 5.96. The number of aromatic nitrogens is 2. The average molecular weight is 272 g/mol. The molecule has 1 fully saturated rings. The lowest BCUT2D eigenvalue weighted by molar-refractivity contribution is 0.0842. The van der Waals surface area contributed by atoms with Crippen LogP contribution in [0.1, 0.15) is 20.8 Å². The number of nitrogens with two attached hydrogens (primary N) is 1. The van der Waals surface area contributed by atoms with E-state index in [2.05, 4.69) is 15.6 Å². The molecule has 1 aliphatic heterocycles. The second-order valence-electron chi connectivity index (χ2n) is 5.51. The molecular formula is C13H17BN4O2. The summed E-state index contributed by atoms with van der Waals surface area (Å²) in [6, 6.07) is 5.80. The van der Waals surface area contributed by atoms with Gasteiger partial charge in [0.2, 0.25) is 0 Å². The van der Waals surface area contributed by atoms with Crippen LogP contribution in [0.2, 0.25) is 0 Å². The third kappa shape index (κ3) is 2.13. The zero-order valence-corrected chi connectivity index (χ0v) is 11.8. The minimum Gasteiger partial charge on any atom is -0.402 e. The van der Waals surface area contributed by atoms with E-state index < -0.39 is 0 Å². The Bertz CT molecular complexity index is 649. The summed E-state index contributed by atoms with van der Waals surface area (Å²) in [5, 5.41) is 8.86. The highest BCUT2D eigenvalue weighted by Crippen LogP contribution is 2.27. The van der Waals surface area contributed by atoms with E-state index in [1.54, 1.807) is 6.20 Å². The summed E-state index contributed by atoms with van der Waals surface area (Å²) in [6.07, 6.45) is 1.63. The number of fused-ring (bicyclic) bond motifs is 1. The summed E-state index contributed by atoms with van der Waals surface area (Å²) < 4.78 is 11.8. The molecule has 0 spiro atoms. The van der Waals surface area contributed by atoms with Gasteiger partial charge in [-0.1, -0.05) is 12.1 Å². The van der Waals surface area contributed by atoms with Crippen LogP contribution in [0, 0.1) is 0 Å². The van der Waals surface area contributed by atoms with Crippen LogP contribution in [0.4, 0.5) is 5.69 Å². The van der Waals surface area contributed by atoms with Gasteiger partial charge in [-0.05, 0) is 32.3 Å². The lowest BCUT2D eigenvalue weighted by Gasteiger charge is -2.21. The molecule has 1 aromatic heterocycles. The van der Waals surface area contributed by atoms with Gasteiger partial charge in [-0.15, -0.1) is 0 Å². The quantitative estimate of drug-likeness (QED) is 0.478. The van der Waals surface area contributed by atoms with E-state index in [-0.39, 0.29) is 18.8 Å². The molecule has 7 heteroatoms. The SMILES string of the molecule is CC1OB(c2ccc3nncc(NN)c3c2)OC1(C)C. The standard InChI is InChI=1S/C13H17BN4O2/c1-8-13(2,3)20-14(19-8)9-4-5-11-10(6-9)12(17-15)7-16-18-11/h4-8H,15H2,1-3H3,(H,17,18). The van der Waals surface area contributed by atoms with E-state index in [0.717, 1.165) is 22.1 Å². The number of hydrogen-bond acceptors (Lipinski definition) is 6. The molecule has 0 saturated carbocycles. The Kier molecular flexibility index (Phi) is 3.12. The lowest BCUT2D eigenvalue weighted by Crippen LogP contribution is -2.34. The molecule has 1 saturated heterocycles. The highest BCUT2D eigenvalue weighted by atomic mass is 16.7.